The van der Waals surface area contributed by atoms with Crippen molar-refractivity contribution >= 4 is 5.78 Å². The average Bonchev–Trinajstić information content (AvgIpc) is 2.02. The van der Waals surface area contributed by atoms with E-state index in [0.29, 0.717) is 0 Å². The molecular formula is C10H9F3O. The summed E-state index contributed by atoms with van der Waals surface area (Å²) in [4.78, 5) is 10.5. The molecule has 1 aromatic carbocycles. The molecule has 1 rings (SSSR count). The van der Waals surface area contributed by atoms with Crippen LogP contribution in [0.15, 0.2) is 24.3 Å². The van der Waals surface area contributed by atoms with Crippen LogP contribution in [0.3, 0.4) is 0 Å². The second-order valence-corrected chi connectivity index (χ2v) is 3.09. The molecule has 1 aromatic rings. The maximum Gasteiger partial charge on any atom is 0.280 e. The Bertz CT molecular complexity index is 330. The van der Waals surface area contributed by atoms with E-state index in [1.165, 1.54) is 0 Å². The van der Waals surface area contributed by atoms with Gasteiger partial charge in [-0.15, -0.1) is 0 Å². The first kappa shape index (κ1) is 10.8. The molecule has 4 heteroatoms. The molecule has 0 unspecified atom stereocenters. The number of rotatable bonds is 3. The molecule has 0 N–H and O–H groups in total. The van der Waals surface area contributed by atoms with E-state index in [2.05, 4.69) is 0 Å². The molecule has 0 spiro atoms. The standard InChI is InChI=1S/C10H9F3O/c1-7(14)6-10(12,13)8-2-4-9(11)5-3-8/h2-5H,6H2,1H3. The van der Waals surface area contributed by atoms with Crippen molar-refractivity contribution in [3.63, 3.8) is 0 Å². The SMILES string of the molecule is CC(=O)CC(F)(F)c1ccc(F)cc1. The normalized spacial score (nSPS) is 11.4. The molecule has 0 atom stereocenters. The molecule has 0 aliphatic rings. The summed E-state index contributed by atoms with van der Waals surface area (Å²) < 4.78 is 38.8. The minimum Gasteiger partial charge on any atom is -0.300 e. The van der Waals surface area contributed by atoms with Gasteiger partial charge in [-0.05, 0) is 19.1 Å². The van der Waals surface area contributed by atoms with Gasteiger partial charge in [-0.2, -0.15) is 0 Å². The van der Waals surface area contributed by atoms with E-state index in [9.17, 15) is 18.0 Å². The Morgan fingerprint density at radius 3 is 2.21 bits per heavy atom. The number of halogens is 3. The summed E-state index contributed by atoms with van der Waals surface area (Å²) in [6, 6.07) is 3.86. The number of alkyl halides is 2. The van der Waals surface area contributed by atoms with Crippen LogP contribution in [-0.4, -0.2) is 5.78 Å². The van der Waals surface area contributed by atoms with Gasteiger partial charge in [-0.3, -0.25) is 4.79 Å². The fourth-order valence-electron chi connectivity index (χ4n) is 1.11. The maximum absolute atomic E-state index is 13.2. The van der Waals surface area contributed by atoms with Crippen molar-refractivity contribution in [2.45, 2.75) is 19.3 Å². The van der Waals surface area contributed by atoms with Crippen molar-refractivity contribution in [3.05, 3.63) is 35.6 Å². The van der Waals surface area contributed by atoms with Gasteiger partial charge in [-0.1, -0.05) is 12.1 Å². The van der Waals surface area contributed by atoms with Crippen molar-refractivity contribution in [2.75, 3.05) is 0 Å². The van der Waals surface area contributed by atoms with Crippen LogP contribution in [-0.2, 0) is 10.7 Å². The zero-order valence-corrected chi connectivity index (χ0v) is 7.56. The predicted molar refractivity (Wildman–Crippen MR) is 45.6 cm³/mol. The summed E-state index contributed by atoms with van der Waals surface area (Å²) in [7, 11) is 0. The Labute approximate surface area is 79.5 Å². The van der Waals surface area contributed by atoms with Crippen LogP contribution < -0.4 is 0 Å². The van der Waals surface area contributed by atoms with Crippen molar-refractivity contribution < 1.29 is 18.0 Å². The third kappa shape index (κ3) is 2.58. The molecule has 0 amide bonds. The highest BCUT2D eigenvalue weighted by Crippen LogP contribution is 2.31. The summed E-state index contributed by atoms with van der Waals surface area (Å²) >= 11 is 0. The topological polar surface area (TPSA) is 17.1 Å². The fourth-order valence-corrected chi connectivity index (χ4v) is 1.11. The van der Waals surface area contributed by atoms with Crippen LogP contribution in [0.2, 0.25) is 0 Å². The molecule has 0 bridgehead atoms. The molecule has 1 nitrogen and oxygen atoms in total. The van der Waals surface area contributed by atoms with Crippen molar-refractivity contribution in [2.24, 2.45) is 0 Å². The zero-order valence-electron chi connectivity index (χ0n) is 7.56. The summed E-state index contributed by atoms with van der Waals surface area (Å²) in [6.07, 6.45) is -0.849. The van der Waals surface area contributed by atoms with Gasteiger partial charge in [0.15, 0.2) is 0 Å². The quantitative estimate of drug-likeness (QED) is 0.736. The second-order valence-electron chi connectivity index (χ2n) is 3.09. The minimum absolute atomic E-state index is 0.339. The highest BCUT2D eigenvalue weighted by atomic mass is 19.3. The molecule has 0 heterocycles. The molecule has 0 saturated heterocycles. The number of Topliss-reactive ketones (excluding diaryl/α,β-unsaturated/α-hetero) is 1. The van der Waals surface area contributed by atoms with E-state index in [-0.39, 0.29) is 5.56 Å². The third-order valence-corrected chi connectivity index (χ3v) is 1.74. The molecular weight excluding hydrogens is 193 g/mol. The van der Waals surface area contributed by atoms with Crippen LogP contribution in [0.1, 0.15) is 18.9 Å². The maximum atomic E-state index is 13.2. The van der Waals surface area contributed by atoms with E-state index in [1.807, 2.05) is 0 Å². The first-order valence-corrected chi connectivity index (χ1v) is 4.05. The van der Waals surface area contributed by atoms with Gasteiger partial charge >= 0.3 is 0 Å². The predicted octanol–water partition coefficient (Wildman–Crippen LogP) is 2.90. The van der Waals surface area contributed by atoms with Crippen molar-refractivity contribution in [1.82, 2.24) is 0 Å². The summed E-state index contributed by atoms with van der Waals surface area (Å²) in [6.45, 7) is 1.09. The van der Waals surface area contributed by atoms with Crippen molar-refractivity contribution in [3.8, 4) is 0 Å². The number of ketones is 1. The summed E-state index contributed by atoms with van der Waals surface area (Å²) in [5.74, 6) is -4.38. The van der Waals surface area contributed by atoms with Gasteiger partial charge in [0.2, 0.25) is 0 Å². The monoisotopic (exact) mass is 202 g/mol. The van der Waals surface area contributed by atoms with Crippen LogP contribution in [0, 0.1) is 5.82 Å². The Morgan fingerprint density at radius 2 is 1.79 bits per heavy atom. The number of carbonyl (C=O) groups excluding carboxylic acids is 1. The smallest absolute Gasteiger partial charge is 0.280 e. The number of benzene rings is 1. The Kier molecular flexibility index (Phi) is 2.93. The molecule has 14 heavy (non-hydrogen) atoms. The first-order chi connectivity index (χ1) is 6.42. The van der Waals surface area contributed by atoms with Crippen molar-refractivity contribution in [1.29, 1.82) is 0 Å². The van der Waals surface area contributed by atoms with Crippen LogP contribution in [0.5, 0.6) is 0 Å². The number of hydrogen-bond acceptors (Lipinski definition) is 1. The van der Waals surface area contributed by atoms with Crippen LogP contribution >= 0.6 is 0 Å². The third-order valence-electron chi connectivity index (χ3n) is 1.74. The Hall–Kier alpha value is -1.32. The lowest BCUT2D eigenvalue weighted by Crippen LogP contribution is -2.17. The largest absolute Gasteiger partial charge is 0.300 e. The first-order valence-electron chi connectivity index (χ1n) is 4.05. The second kappa shape index (κ2) is 3.82. The van der Waals surface area contributed by atoms with E-state index < -0.39 is 23.9 Å². The van der Waals surface area contributed by atoms with E-state index >= 15 is 0 Å². The lowest BCUT2D eigenvalue weighted by Gasteiger charge is -2.14. The molecule has 76 valence electrons. The molecule has 0 saturated carbocycles. The molecule has 0 aliphatic heterocycles. The average molecular weight is 202 g/mol. The highest BCUT2D eigenvalue weighted by Gasteiger charge is 2.32. The van der Waals surface area contributed by atoms with Crippen LogP contribution in [0.25, 0.3) is 0 Å². The van der Waals surface area contributed by atoms with E-state index in [4.69, 9.17) is 0 Å². The van der Waals surface area contributed by atoms with E-state index in [0.717, 1.165) is 31.2 Å². The van der Waals surface area contributed by atoms with Gasteiger partial charge in [0.05, 0.1) is 6.42 Å². The molecule has 0 radical (unpaired) electrons. The summed E-state index contributed by atoms with van der Waals surface area (Å²) in [5, 5.41) is 0. The molecule has 0 fully saturated rings. The Morgan fingerprint density at radius 1 is 1.29 bits per heavy atom. The minimum atomic E-state index is -3.21. The zero-order chi connectivity index (χ0) is 10.8. The van der Waals surface area contributed by atoms with Gasteiger partial charge in [0.1, 0.15) is 11.6 Å². The lowest BCUT2D eigenvalue weighted by atomic mass is 10.0. The summed E-state index contributed by atoms with van der Waals surface area (Å²) in [5.41, 5.74) is -0.339. The van der Waals surface area contributed by atoms with Gasteiger partial charge in [0.25, 0.3) is 5.92 Å². The van der Waals surface area contributed by atoms with Gasteiger partial charge < -0.3 is 0 Å². The van der Waals surface area contributed by atoms with Crippen LogP contribution in [0.4, 0.5) is 13.2 Å². The Balaban J connectivity index is 2.91. The number of carbonyl (C=O) groups is 1. The lowest BCUT2D eigenvalue weighted by molar-refractivity contribution is -0.124. The van der Waals surface area contributed by atoms with Gasteiger partial charge in [0, 0.05) is 5.56 Å². The fraction of sp³-hybridized carbons (Fsp3) is 0.300. The van der Waals surface area contributed by atoms with Gasteiger partial charge in [-0.25, -0.2) is 13.2 Å². The number of hydrogen-bond donors (Lipinski definition) is 0. The van der Waals surface area contributed by atoms with E-state index in [1.54, 1.807) is 0 Å². The molecule has 0 aromatic heterocycles. The highest BCUT2D eigenvalue weighted by molar-refractivity contribution is 5.76. The molecule has 0 aliphatic carbocycles.